The van der Waals surface area contributed by atoms with Crippen molar-refractivity contribution in [2.24, 2.45) is 0 Å². The summed E-state index contributed by atoms with van der Waals surface area (Å²) in [5.41, 5.74) is 0. The molecule has 0 saturated carbocycles. The summed E-state index contributed by atoms with van der Waals surface area (Å²) < 4.78 is 0. The highest BCUT2D eigenvalue weighted by molar-refractivity contribution is 6.32. The molecule has 0 amide bonds. The highest BCUT2D eigenvalue weighted by atomic mass is 28.2. The van der Waals surface area contributed by atoms with Crippen LogP contribution in [0.2, 0.25) is 6.04 Å². The fraction of sp³-hybridized carbons (Fsp3) is 0.333. The maximum atomic E-state index is 3.63. The average molecular weight is 127 g/mol. The summed E-state index contributed by atoms with van der Waals surface area (Å²) in [5.74, 6) is 0. The van der Waals surface area contributed by atoms with E-state index in [1.807, 2.05) is 12.2 Å². The molecule has 0 spiro atoms. The summed E-state index contributed by atoms with van der Waals surface area (Å²) in [5, 5.41) is 0. The second kappa shape index (κ2) is 6.66. The molecular weight excluding hydrogens is 114 g/mol. The van der Waals surface area contributed by atoms with Gasteiger partial charge in [0, 0.05) is 6.54 Å². The Labute approximate surface area is 53.4 Å². The van der Waals surface area contributed by atoms with Crippen LogP contribution in [0.3, 0.4) is 0 Å². The summed E-state index contributed by atoms with van der Waals surface area (Å²) in [6, 6.07) is 1.17. The van der Waals surface area contributed by atoms with E-state index >= 15 is 0 Å². The molecule has 0 aliphatic rings. The Morgan fingerprint density at radius 1 is 1.38 bits per heavy atom. The molecule has 1 N–H and O–H groups in total. The first kappa shape index (κ1) is 7.66. The van der Waals surface area contributed by atoms with E-state index in [-0.39, 0.29) is 9.68 Å². The Balaban J connectivity index is 2.71. The summed E-state index contributed by atoms with van der Waals surface area (Å²) in [4.78, 5) is 3.29. The van der Waals surface area contributed by atoms with E-state index in [0.29, 0.717) is 0 Å². The van der Waals surface area contributed by atoms with Gasteiger partial charge in [-0.25, -0.2) is 0 Å². The van der Waals surface area contributed by atoms with E-state index in [4.69, 9.17) is 0 Å². The van der Waals surface area contributed by atoms with Crippen molar-refractivity contribution in [3.8, 4) is 0 Å². The molecule has 46 valence electrons. The quantitative estimate of drug-likeness (QED) is 0.321. The Bertz CT molecular complexity index is 60.9. The highest BCUT2D eigenvalue weighted by Crippen LogP contribution is 1.72. The van der Waals surface area contributed by atoms with Crippen LogP contribution in [-0.4, -0.2) is 16.2 Å². The van der Waals surface area contributed by atoms with Gasteiger partial charge in [0.1, 0.15) is 0 Å². The molecule has 0 bridgehead atoms. The van der Waals surface area contributed by atoms with Crippen molar-refractivity contribution in [1.29, 1.82) is 0 Å². The van der Waals surface area contributed by atoms with Gasteiger partial charge in [0.05, 0.1) is 9.68 Å². The number of hydrogen-bond donors (Lipinski definition) is 1. The normalized spacial score (nSPS) is 10.0. The molecule has 0 aromatic carbocycles. The number of hydrogen-bond acceptors (Lipinski definition) is 1. The van der Waals surface area contributed by atoms with E-state index in [1.54, 1.807) is 0 Å². The third kappa shape index (κ3) is 5.66. The van der Waals surface area contributed by atoms with Crippen molar-refractivity contribution in [2.75, 3.05) is 6.54 Å². The van der Waals surface area contributed by atoms with Gasteiger partial charge in [0.25, 0.3) is 0 Å². The SMILES string of the molecule is C=CCN[SiH2]CC=C. The molecule has 0 aliphatic heterocycles. The van der Waals surface area contributed by atoms with Crippen LogP contribution in [0.5, 0.6) is 0 Å². The second-order valence-corrected chi connectivity index (χ2v) is 3.15. The molecule has 0 rings (SSSR count). The van der Waals surface area contributed by atoms with Crippen LogP contribution in [-0.2, 0) is 0 Å². The van der Waals surface area contributed by atoms with Gasteiger partial charge in [0.15, 0.2) is 0 Å². The maximum Gasteiger partial charge on any atom is 0.0956 e. The Kier molecular flexibility index (Phi) is 6.37. The van der Waals surface area contributed by atoms with Crippen LogP contribution in [0.4, 0.5) is 0 Å². The van der Waals surface area contributed by atoms with Gasteiger partial charge in [-0.05, 0) is 6.04 Å². The Hall–Kier alpha value is -0.343. The summed E-state index contributed by atoms with van der Waals surface area (Å²) in [6.45, 7) is 8.18. The van der Waals surface area contributed by atoms with Crippen molar-refractivity contribution in [2.45, 2.75) is 6.04 Å². The molecule has 0 aromatic heterocycles. The first-order valence-corrected chi connectivity index (χ1v) is 4.55. The van der Waals surface area contributed by atoms with Gasteiger partial charge in [-0.15, -0.1) is 13.2 Å². The van der Waals surface area contributed by atoms with Gasteiger partial charge >= 0.3 is 0 Å². The monoisotopic (exact) mass is 127 g/mol. The molecular formula is C6H13NSi. The van der Waals surface area contributed by atoms with E-state index in [1.165, 1.54) is 6.04 Å². The van der Waals surface area contributed by atoms with Crippen molar-refractivity contribution < 1.29 is 0 Å². The number of rotatable bonds is 5. The fourth-order valence-electron chi connectivity index (χ4n) is 0.408. The molecule has 0 saturated heterocycles. The third-order valence-electron chi connectivity index (χ3n) is 0.814. The lowest BCUT2D eigenvalue weighted by atomic mass is 10.7. The molecule has 0 fully saturated rings. The minimum Gasteiger partial charge on any atom is -0.339 e. The van der Waals surface area contributed by atoms with Gasteiger partial charge in [0.2, 0.25) is 0 Å². The Morgan fingerprint density at radius 3 is 2.62 bits per heavy atom. The minimum absolute atomic E-state index is 0.0390. The summed E-state index contributed by atoms with van der Waals surface area (Å²) >= 11 is 0. The lowest BCUT2D eigenvalue weighted by Gasteiger charge is -1.93. The molecule has 0 aromatic rings. The summed E-state index contributed by atoms with van der Waals surface area (Å²) in [6.07, 6.45) is 3.85. The van der Waals surface area contributed by atoms with Gasteiger partial charge in [-0.3, -0.25) is 0 Å². The van der Waals surface area contributed by atoms with Crippen LogP contribution in [0, 0.1) is 0 Å². The fourth-order valence-corrected chi connectivity index (χ4v) is 1.22. The van der Waals surface area contributed by atoms with Crippen molar-refractivity contribution in [1.82, 2.24) is 4.98 Å². The molecule has 0 aliphatic carbocycles. The van der Waals surface area contributed by atoms with E-state index in [0.717, 1.165) is 6.54 Å². The summed E-state index contributed by atoms with van der Waals surface area (Å²) in [7, 11) is -0.0390. The van der Waals surface area contributed by atoms with Crippen molar-refractivity contribution in [3.05, 3.63) is 25.3 Å². The zero-order chi connectivity index (χ0) is 6.24. The first-order valence-electron chi connectivity index (χ1n) is 2.84. The van der Waals surface area contributed by atoms with Crippen LogP contribution < -0.4 is 4.98 Å². The lowest BCUT2D eigenvalue weighted by Crippen LogP contribution is -2.17. The van der Waals surface area contributed by atoms with Gasteiger partial charge in [-0.1, -0.05) is 12.2 Å². The highest BCUT2D eigenvalue weighted by Gasteiger charge is 1.77. The molecule has 8 heavy (non-hydrogen) atoms. The zero-order valence-electron chi connectivity index (χ0n) is 5.19. The maximum absolute atomic E-state index is 3.63. The molecule has 0 atom stereocenters. The molecule has 0 unspecified atom stereocenters. The van der Waals surface area contributed by atoms with Crippen LogP contribution in [0.1, 0.15) is 0 Å². The van der Waals surface area contributed by atoms with Gasteiger partial charge < -0.3 is 4.98 Å². The standard InChI is InChI=1S/C6H13NSi/c1-3-5-7-8-6-4-2/h3-4,7H,1-2,5-6,8H2. The molecule has 1 nitrogen and oxygen atoms in total. The lowest BCUT2D eigenvalue weighted by molar-refractivity contribution is 1.09. The minimum atomic E-state index is -0.0390. The van der Waals surface area contributed by atoms with Crippen molar-refractivity contribution >= 4 is 9.68 Å². The predicted molar refractivity (Wildman–Crippen MR) is 41.7 cm³/mol. The van der Waals surface area contributed by atoms with Crippen LogP contribution in [0.25, 0.3) is 0 Å². The van der Waals surface area contributed by atoms with Crippen LogP contribution >= 0.6 is 0 Å². The molecule has 0 heterocycles. The second-order valence-electron chi connectivity index (χ2n) is 1.57. The number of nitrogens with one attached hydrogen (secondary N) is 1. The van der Waals surface area contributed by atoms with Crippen molar-refractivity contribution in [3.63, 3.8) is 0 Å². The number of allylic oxidation sites excluding steroid dienone is 1. The van der Waals surface area contributed by atoms with E-state index in [9.17, 15) is 0 Å². The predicted octanol–water partition coefficient (Wildman–Crippen LogP) is 0.450. The topological polar surface area (TPSA) is 12.0 Å². The zero-order valence-corrected chi connectivity index (χ0v) is 6.60. The van der Waals surface area contributed by atoms with E-state index < -0.39 is 0 Å². The van der Waals surface area contributed by atoms with Crippen LogP contribution in [0.15, 0.2) is 25.3 Å². The van der Waals surface area contributed by atoms with E-state index in [2.05, 4.69) is 18.1 Å². The Morgan fingerprint density at radius 2 is 2.12 bits per heavy atom. The molecule has 2 heteroatoms. The van der Waals surface area contributed by atoms with Gasteiger partial charge in [-0.2, -0.15) is 0 Å². The molecule has 0 radical (unpaired) electrons. The third-order valence-corrected chi connectivity index (χ3v) is 2.15. The smallest absolute Gasteiger partial charge is 0.0956 e. The largest absolute Gasteiger partial charge is 0.339 e. The first-order chi connectivity index (χ1) is 3.91. The average Bonchev–Trinajstić information content (AvgIpc) is 1.81.